The number of hydrogen-bond acceptors (Lipinski definition) is 8. The number of piperazine rings is 1. The van der Waals surface area contributed by atoms with E-state index in [0.29, 0.717) is 50.2 Å². The van der Waals surface area contributed by atoms with Gasteiger partial charge in [0.2, 0.25) is 5.95 Å². The molecule has 1 amide bonds. The van der Waals surface area contributed by atoms with Gasteiger partial charge in [-0.25, -0.2) is 9.78 Å². The first kappa shape index (κ1) is 25.3. The lowest BCUT2D eigenvalue weighted by Gasteiger charge is -2.36. The zero-order valence-electron chi connectivity index (χ0n) is 21.9. The summed E-state index contributed by atoms with van der Waals surface area (Å²) in [6.07, 6.45) is -0.287. The molecule has 4 rings (SSSR count). The zero-order chi connectivity index (χ0) is 25.9. The molecule has 192 valence electrons. The Morgan fingerprint density at radius 2 is 1.69 bits per heavy atom. The fourth-order valence-corrected chi connectivity index (χ4v) is 3.98. The number of amides is 1. The maximum atomic E-state index is 12.5. The Balaban J connectivity index is 1.62. The largest absolute Gasteiger partial charge is 0.493 e. The molecule has 1 fully saturated rings. The van der Waals surface area contributed by atoms with Crippen LogP contribution in [0.1, 0.15) is 26.3 Å². The van der Waals surface area contributed by atoms with Crippen molar-refractivity contribution >= 4 is 28.8 Å². The molecule has 1 aliphatic rings. The van der Waals surface area contributed by atoms with Crippen LogP contribution in [0.4, 0.5) is 16.6 Å². The molecular weight excluding hydrogens is 458 g/mol. The molecule has 36 heavy (non-hydrogen) atoms. The fourth-order valence-electron chi connectivity index (χ4n) is 3.98. The van der Waals surface area contributed by atoms with Crippen molar-refractivity contribution in [1.29, 1.82) is 0 Å². The molecule has 9 heteroatoms. The Hall–Kier alpha value is -3.75. The summed E-state index contributed by atoms with van der Waals surface area (Å²) in [5, 5.41) is 0.871. The van der Waals surface area contributed by atoms with E-state index in [9.17, 15) is 4.79 Å². The summed E-state index contributed by atoms with van der Waals surface area (Å²) < 4.78 is 17.3. The first-order chi connectivity index (χ1) is 17.1. The summed E-state index contributed by atoms with van der Waals surface area (Å²) in [4.78, 5) is 28.0. The number of rotatable bonds is 6. The third kappa shape index (κ3) is 5.90. The SMILES string of the molecule is COc1cc2c(N3CCN(C(=O)OC(C)(C)C)CC3)nc(N(C)C)nc2cc1OCc1ccccc1. The molecule has 1 aliphatic heterocycles. The molecule has 0 atom stereocenters. The summed E-state index contributed by atoms with van der Waals surface area (Å²) in [5.74, 6) is 2.65. The van der Waals surface area contributed by atoms with Gasteiger partial charge >= 0.3 is 6.09 Å². The summed E-state index contributed by atoms with van der Waals surface area (Å²) >= 11 is 0. The average Bonchev–Trinajstić information content (AvgIpc) is 2.85. The molecule has 1 saturated heterocycles. The molecule has 2 heterocycles. The maximum Gasteiger partial charge on any atom is 0.410 e. The quantitative estimate of drug-likeness (QED) is 0.502. The van der Waals surface area contributed by atoms with Crippen LogP contribution >= 0.6 is 0 Å². The van der Waals surface area contributed by atoms with Crippen LogP contribution in [0.2, 0.25) is 0 Å². The third-order valence-corrected chi connectivity index (χ3v) is 5.82. The van der Waals surface area contributed by atoms with E-state index < -0.39 is 5.60 Å². The number of anilines is 2. The van der Waals surface area contributed by atoms with Crippen LogP contribution in [0.25, 0.3) is 10.9 Å². The lowest BCUT2D eigenvalue weighted by atomic mass is 10.1. The lowest BCUT2D eigenvalue weighted by Crippen LogP contribution is -2.50. The number of fused-ring (bicyclic) bond motifs is 1. The summed E-state index contributed by atoms with van der Waals surface area (Å²) in [7, 11) is 5.47. The first-order valence-corrected chi connectivity index (χ1v) is 12.1. The average molecular weight is 494 g/mol. The van der Waals surface area contributed by atoms with Crippen LogP contribution in [0.3, 0.4) is 0 Å². The van der Waals surface area contributed by atoms with Gasteiger partial charge in [-0.3, -0.25) is 0 Å². The Labute approximate surface area is 212 Å². The number of ether oxygens (including phenoxy) is 3. The highest BCUT2D eigenvalue weighted by atomic mass is 16.6. The van der Waals surface area contributed by atoms with Crippen LogP contribution in [0.5, 0.6) is 11.5 Å². The van der Waals surface area contributed by atoms with E-state index in [1.807, 2.05) is 82.2 Å². The molecule has 1 aromatic heterocycles. The van der Waals surface area contributed by atoms with Gasteiger partial charge < -0.3 is 28.9 Å². The number of nitrogens with zero attached hydrogens (tertiary/aromatic N) is 5. The van der Waals surface area contributed by atoms with Crippen molar-refractivity contribution in [2.24, 2.45) is 0 Å². The lowest BCUT2D eigenvalue weighted by molar-refractivity contribution is 0.0240. The minimum atomic E-state index is -0.519. The van der Waals surface area contributed by atoms with Crippen LogP contribution in [0, 0.1) is 0 Å². The van der Waals surface area contributed by atoms with Gasteiger partial charge in [-0.1, -0.05) is 30.3 Å². The molecule has 9 nitrogen and oxygen atoms in total. The Morgan fingerprint density at radius 1 is 1.00 bits per heavy atom. The van der Waals surface area contributed by atoms with Crippen LogP contribution in [-0.2, 0) is 11.3 Å². The van der Waals surface area contributed by atoms with Crippen molar-refractivity contribution in [2.75, 3.05) is 57.2 Å². The van der Waals surface area contributed by atoms with Gasteiger partial charge in [-0.05, 0) is 32.4 Å². The molecule has 0 unspecified atom stereocenters. The van der Waals surface area contributed by atoms with E-state index in [4.69, 9.17) is 24.2 Å². The number of hydrogen-bond donors (Lipinski definition) is 0. The number of aromatic nitrogens is 2. The topological polar surface area (TPSA) is 80.3 Å². The van der Waals surface area contributed by atoms with Gasteiger partial charge in [0.1, 0.15) is 18.0 Å². The van der Waals surface area contributed by atoms with Crippen LogP contribution in [-0.4, -0.2) is 73.9 Å². The van der Waals surface area contributed by atoms with Gasteiger partial charge in [0.25, 0.3) is 0 Å². The predicted molar refractivity (Wildman–Crippen MR) is 141 cm³/mol. The van der Waals surface area contributed by atoms with E-state index in [1.54, 1.807) is 12.0 Å². The Bertz CT molecular complexity index is 1200. The normalized spacial score (nSPS) is 14.1. The van der Waals surface area contributed by atoms with Gasteiger partial charge in [-0.15, -0.1) is 0 Å². The minimum Gasteiger partial charge on any atom is -0.493 e. The van der Waals surface area contributed by atoms with Crippen molar-refractivity contribution in [2.45, 2.75) is 33.0 Å². The highest BCUT2D eigenvalue weighted by Crippen LogP contribution is 2.37. The molecule has 0 saturated carbocycles. The van der Waals surface area contributed by atoms with Gasteiger partial charge in [0.05, 0.1) is 12.6 Å². The fraction of sp³-hybridized carbons (Fsp3) is 0.444. The van der Waals surface area contributed by atoms with Crippen molar-refractivity contribution in [1.82, 2.24) is 14.9 Å². The number of carbonyl (C=O) groups excluding carboxylic acids is 1. The molecule has 3 aromatic rings. The number of methoxy groups -OCH3 is 1. The van der Waals surface area contributed by atoms with Crippen LogP contribution < -0.4 is 19.3 Å². The Morgan fingerprint density at radius 3 is 2.31 bits per heavy atom. The number of benzene rings is 2. The summed E-state index contributed by atoms with van der Waals surface area (Å²) in [6, 6.07) is 13.8. The molecule has 0 N–H and O–H groups in total. The standard InChI is InChI=1S/C27H35N5O4/c1-27(2,3)36-26(33)32-14-12-31(13-15-32)24-20-16-22(34-6)23(35-18-19-10-8-7-9-11-19)17-21(20)28-25(29-24)30(4)5/h7-11,16-17H,12-15,18H2,1-6H3. The smallest absolute Gasteiger partial charge is 0.410 e. The second kappa shape index (κ2) is 10.5. The maximum absolute atomic E-state index is 12.5. The summed E-state index contributed by atoms with van der Waals surface area (Å²) in [5.41, 5.74) is 1.32. The second-order valence-corrected chi connectivity index (χ2v) is 9.99. The molecule has 0 spiro atoms. The molecule has 0 bridgehead atoms. The highest BCUT2D eigenvalue weighted by Gasteiger charge is 2.28. The van der Waals surface area contributed by atoms with Crippen molar-refractivity contribution < 1.29 is 19.0 Å². The van der Waals surface area contributed by atoms with E-state index >= 15 is 0 Å². The first-order valence-electron chi connectivity index (χ1n) is 12.1. The third-order valence-electron chi connectivity index (χ3n) is 5.82. The highest BCUT2D eigenvalue weighted by molar-refractivity contribution is 5.93. The van der Waals surface area contributed by atoms with Crippen molar-refractivity contribution in [3.05, 3.63) is 48.0 Å². The number of carbonyl (C=O) groups is 1. The van der Waals surface area contributed by atoms with E-state index in [-0.39, 0.29) is 6.09 Å². The van der Waals surface area contributed by atoms with Gasteiger partial charge in [-0.2, -0.15) is 4.98 Å². The molecule has 0 radical (unpaired) electrons. The van der Waals surface area contributed by atoms with Gasteiger partial charge in [0.15, 0.2) is 11.5 Å². The van der Waals surface area contributed by atoms with Crippen molar-refractivity contribution in [3.63, 3.8) is 0 Å². The minimum absolute atomic E-state index is 0.287. The second-order valence-electron chi connectivity index (χ2n) is 9.99. The molecule has 0 aliphatic carbocycles. The van der Waals surface area contributed by atoms with E-state index in [1.165, 1.54) is 0 Å². The van der Waals surface area contributed by atoms with Crippen molar-refractivity contribution in [3.8, 4) is 11.5 Å². The van der Waals surface area contributed by atoms with Gasteiger partial charge in [0, 0.05) is 51.7 Å². The zero-order valence-corrected chi connectivity index (χ0v) is 21.9. The molecule has 2 aromatic carbocycles. The molecular formula is C27H35N5O4. The van der Waals surface area contributed by atoms with E-state index in [2.05, 4.69) is 4.90 Å². The Kier molecular flexibility index (Phi) is 7.37. The van der Waals surface area contributed by atoms with Crippen LogP contribution in [0.15, 0.2) is 42.5 Å². The summed E-state index contributed by atoms with van der Waals surface area (Å²) in [6.45, 7) is 8.42. The monoisotopic (exact) mass is 493 g/mol. The van der Waals surface area contributed by atoms with E-state index in [0.717, 1.165) is 22.3 Å². The predicted octanol–water partition coefficient (Wildman–Crippen LogP) is 4.34.